The van der Waals surface area contributed by atoms with Gasteiger partial charge in [-0.25, -0.2) is 14.4 Å². The molecule has 12 nitrogen and oxygen atoms in total. The van der Waals surface area contributed by atoms with Crippen molar-refractivity contribution >= 4 is 35.9 Å². The third kappa shape index (κ3) is 17.5. The Labute approximate surface area is 346 Å². The van der Waals surface area contributed by atoms with Gasteiger partial charge in [0.25, 0.3) is 0 Å². The molecule has 59 heavy (non-hydrogen) atoms. The van der Waals surface area contributed by atoms with Gasteiger partial charge >= 0.3 is 29.8 Å². The van der Waals surface area contributed by atoms with Gasteiger partial charge in [-0.1, -0.05) is 56.0 Å². The smallest absolute Gasteiger partial charge is 0.336 e. The molecule has 0 bridgehead atoms. The molecule has 0 N–H and O–H groups in total. The van der Waals surface area contributed by atoms with Gasteiger partial charge in [0.1, 0.15) is 23.4 Å². The van der Waals surface area contributed by atoms with Gasteiger partial charge in [-0.2, -0.15) is 0 Å². The van der Waals surface area contributed by atoms with Crippen LogP contribution in [0.25, 0.3) is 17.2 Å². The molecule has 0 saturated heterocycles. The van der Waals surface area contributed by atoms with Crippen LogP contribution < -0.4 is 14.2 Å². The average Bonchev–Trinajstić information content (AvgIpc) is 3.24. The van der Waals surface area contributed by atoms with Gasteiger partial charge in [0.15, 0.2) is 0 Å². The largest absolute Gasteiger partial charge is 0.494 e. The number of hydrogen-bond donors (Lipinski definition) is 0. The summed E-state index contributed by atoms with van der Waals surface area (Å²) in [6.07, 6.45) is 11.4. The third-order valence-electron chi connectivity index (χ3n) is 9.25. The Morgan fingerprint density at radius 1 is 0.593 bits per heavy atom. The third-order valence-corrected chi connectivity index (χ3v) is 9.25. The van der Waals surface area contributed by atoms with Crippen LogP contribution in [0.3, 0.4) is 0 Å². The van der Waals surface area contributed by atoms with Crippen LogP contribution in [-0.2, 0) is 42.9 Å². The summed E-state index contributed by atoms with van der Waals surface area (Å²) >= 11 is 0. The molecular formula is C47H54O12. The SMILES string of the molecule is C=C(CC(=O)OC)C(=O)OCCCCCCOc1ccc(OC(=O)/C=C/c2ccc(-c3ccc(OCCCOC(=O)C(=C)CC(=O)OC4CCCCC4)cc3)cc2)cc1. The Hall–Kier alpha value is -6.17. The van der Waals surface area contributed by atoms with Crippen molar-refractivity contribution in [1.82, 2.24) is 0 Å². The van der Waals surface area contributed by atoms with E-state index in [0.717, 1.165) is 68.1 Å². The molecule has 0 atom stereocenters. The summed E-state index contributed by atoms with van der Waals surface area (Å²) in [4.78, 5) is 59.8. The van der Waals surface area contributed by atoms with Crippen LogP contribution in [0.15, 0.2) is 103 Å². The first-order chi connectivity index (χ1) is 28.6. The van der Waals surface area contributed by atoms with Crippen LogP contribution in [-0.4, -0.2) is 69.5 Å². The lowest BCUT2D eigenvalue weighted by Gasteiger charge is -2.21. The van der Waals surface area contributed by atoms with E-state index in [4.69, 9.17) is 28.4 Å². The molecule has 0 radical (unpaired) electrons. The number of carbonyl (C=O) groups is 5. The Morgan fingerprint density at radius 3 is 1.68 bits per heavy atom. The number of methoxy groups -OCH3 is 1. The van der Waals surface area contributed by atoms with Crippen molar-refractivity contribution in [2.24, 2.45) is 0 Å². The van der Waals surface area contributed by atoms with E-state index in [0.29, 0.717) is 43.3 Å². The van der Waals surface area contributed by atoms with Crippen LogP contribution in [0.2, 0.25) is 0 Å². The van der Waals surface area contributed by atoms with Gasteiger partial charge in [0, 0.05) is 23.6 Å². The summed E-state index contributed by atoms with van der Waals surface area (Å²) in [7, 11) is 1.25. The van der Waals surface area contributed by atoms with E-state index < -0.39 is 29.8 Å². The molecule has 3 aromatic carbocycles. The number of hydrogen-bond acceptors (Lipinski definition) is 12. The maximum absolute atomic E-state index is 12.5. The highest BCUT2D eigenvalue weighted by atomic mass is 16.6. The zero-order chi connectivity index (χ0) is 42.2. The fourth-order valence-corrected chi connectivity index (χ4v) is 5.95. The predicted molar refractivity (Wildman–Crippen MR) is 221 cm³/mol. The highest BCUT2D eigenvalue weighted by Gasteiger charge is 2.20. The van der Waals surface area contributed by atoms with E-state index in [1.165, 1.54) is 13.2 Å². The summed E-state index contributed by atoms with van der Waals surface area (Å²) < 4.78 is 37.3. The fourth-order valence-electron chi connectivity index (χ4n) is 5.95. The molecule has 0 spiro atoms. The summed E-state index contributed by atoms with van der Waals surface area (Å²) in [6.45, 7) is 8.49. The number of rotatable bonds is 24. The minimum atomic E-state index is -0.605. The molecule has 0 unspecified atom stereocenters. The first kappa shape index (κ1) is 45.5. The van der Waals surface area contributed by atoms with Crippen molar-refractivity contribution in [1.29, 1.82) is 0 Å². The molecule has 1 aliphatic rings. The van der Waals surface area contributed by atoms with Crippen LogP contribution in [0, 0.1) is 0 Å². The van der Waals surface area contributed by atoms with Gasteiger partial charge in [0.2, 0.25) is 0 Å². The van der Waals surface area contributed by atoms with Crippen LogP contribution >= 0.6 is 0 Å². The summed E-state index contributed by atoms with van der Waals surface area (Å²) in [5.74, 6) is -0.942. The zero-order valence-electron chi connectivity index (χ0n) is 33.8. The van der Waals surface area contributed by atoms with E-state index in [1.807, 2.05) is 48.5 Å². The minimum Gasteiger partial charge on any atom is -0.494 e. The highest BCUT2D eigenvalue weighted by Crippen LogP contribution is 2.24. The number of benzene rings is 3. The molecule has 0 aromatic heterocycles. The first-order valence-corrected chi connectivity index (χ1v) is 20.0. The van der Waals surface area contributed by atoms with E-state index in [2.05, 4.69) is 17.9 Å². The molecule has 1 fully saturated rings. The first-order valence-electron chi connectivity index (χ1n) is 20.0. The maximum atomic E-state index is 12.5. The molecule has 0 amide bonds. The van der Waals surface area contributed by atoms with Crippen molar-refractivity contribution in [3.63, 3.8) is 0 Å². The second-order valence-corrected chi connectivity index (χ2v) is 14.0. The summed E-state index contributed by atoms with van der Waals surface area (Å²) in [5.41, 5.74) is 2.98. The molecule has 3 aromatic rings. The Bertz CT molecular complexity index is 1870. The van der Waals surface area contributed by atoms with Crippen molar-refractivity contribution in [2.45, 2.75) is 83.2 Å². The number of carbonyl (C=O) groups excluding carboxylic acids is 5. The quantitative estimate of drug-likeness (QED) is 0.0280. The highest BCUT2D eigenvalue weighted by molar-refractivity contribution is 5.94. The predicted octanol–water partition coefficient (Wildman–Crippen LogP) is 8.71. The second kappa shape index (κ2) is 25.2. The lowest BCUT2D eigenvalue weighted by atomic mass is 9.98. The minimum absolute atomic E-state index is 0.0640. The van der Waals surface area contributed by atoms with E-state index >= 15 is 0 Å². The normalized spacial score (nSPS) is 12.6. The van der Waals surface area contributed by atoms with Gasteiger partial charge in [-0.15, -0.1) is 0 Å². The van der Waals surface area contributed by atoms with Crippen molar-refractivity contribution in [3.8, 4) is 28.4 Å². The topological polar surface area (TPSA) is 150 Å². The number of unbranched alkanes of at least 4 members (excludes halogenated alkanes) is 3. The lowest BCUT2D eigenvalue weighted by molar-refractivity contribution is -0.151. The molecule has 0 aliphatic heterocycles. The molecule has 12 heteroatoms. The maximum Gasteiger partial charge on any atom is 0.336 e. The number of ether oxygens (including phenoxy) is 7. The molecule has 0 heterocycles. The van der Waals surface area contributed by atoms with E-state index in [-0.39, 0.29) is 43.3 Å². The van der Waals surface area contributed by atoms with E-state index in [1.54, 1.807) is 30.3 Å². The van der Waals surface area contributed by atoms with Gasteiger partial charge in [-0.3, -0.25) is 9.59 Å². The van der Waals surface area contributed by atoms with Gasteiger partial charge in [-0.05, 0) is 111 Å². The Morgan fingerprint density at radius 2 is 1.08 bits per heavy atom. The standard InChI is InChI=1S/C47H54O12/c1-34(32-44(49)53-3)46(51)56-29-10-5-4-9-28-54-40-23-25-42(26-24-40)58-43(48)27-16-36-14-17-37(18-15-36)38-19-21-39(22-20-38)55-30-11-31-57-47(52)35(2)33-45(50)59-41-12-7-6-8-13-41/h14-27,41H,1-2,4-13,28-33H2,3H3/b27-16+. The van der Waals surface area contributed by atoms with Gasteiger partial charge in [0.05, 0.1) is 46.4 Å². The summed E-state index contributed by atoms with van der Waals surface area (Å²) in [6, 6.07) is 22.2. The van der Waals surface area contributed by atoms with Gasteiger partial charge < -0.3 is 33.2 Å². The molecule has 1 aliphatic carbocycles. The van der Waals surface area contributed by atoms with Crippen molar-refractivity contribution in [2.75, 3.05) is 33.5 Å². The zero-order valence-corrected chi connectivity index (χ0v) is 33.8. The molecular weight excluding hydrogens is 757 g/mol. The average molecular weight is 811 g/mol. The van der Waals surface area contributed by atoms with Crippen LogP contribution in [0.1, 0.15) is 82.6 Å². The van der Waals surface area contributed by atoms with Crippen LogP contribution in [0.4, 0.5) is 0 Å². The van der Waals surface area contributed by atoms with Crippen molar-refractivity contribution in [3.05, 3.63) is 109 Å². The molecule has 4 rings (SSSR count). The monoisotopic (exact) mass is 810 g/mol. The molecule has 1 saturated carbocycles. The van der Waals surface area contributed by atoms with Crippen molar-refractivity contribution < 1.29 is 57.1 Å². The lowest BCUT2D eigenvalue weighted by Crippen LogP contribution is -2.22. The van der Waals surface area contributed by atoms with E-state index in [9.17, 15) is 24.0 Å². The summed E-state index contributed by atoms with van der Waals surface area (Å²) in [5, 5.41) is 0. The Balaban J connectivity index is 1.06. The number of esters is 5. The fraction of sp³-hybridized carbons (Fsp3) is 0.383. The second-order valence-electron chi connectivity index (χ2n) is 14.0. The molecule has 314 valence electrons. The Kier molecular flexibility index (Phi) is 19.5. The van der Waals surface area contributed by atoms with Crippen LogP contribution in [0.5, 0.6) is 17.2 Å².